The number of aromatic carboxylic acids is 1. The number of carboxylic acid groups (broad SMARTS) is 1. The lowest BCUT2D eigenvalue weighted by Crippen LogP contribution is -2.37. The van der Waals surface area contributed by atoms with Crippen molar-refractivity contribution in [1.82, 2.24) is 19.4 Å². The number of carbonyl (C=O) groups is 1. The first kappa shape index (κ1) is 27.2. The molecule has 4 heterocycles. The summed E-state index contributed by atoms with van der Waals surface area (Å²) in [5.74, 6) is 0.925. The number of para-hydroxylation sites is 1. The molecule has 0 aliphatic carbocycles. The molecule has 1 unspecified atom stereocenters. The van der Waals surface area contributed by atoms with Crippen molar-refractivity contribution in [2.75, 3.05) is 26.3 Å². The number of aryl methyl sites for hydroxylation is 1. The average Bonchev–Trinajstić information content (AvgIpc) is 3.38. The molecule has 212 valence electrons. The van der Waals surface area contributed by atoms with Crippen molar-refractivity contribution in [1.29, 1.82) is 0 Å². The largest absolute Gasteiger partial charge is 0.488 e. The van der Waals surface area contributed by atoms with Crippen LogP contribution in [-0.2, 0) is 31.4 Å². The zero-order chi connectivity index (χ0) is 28.3. The molecular weight excluding hydrogens is 516 g/mol. The Morgan fingerprint density at radius 3 is 2.78 bits per heavy atom. The molecule has 6 rings (SSSR count). The molecule has 0 radical (unpaired) electrons. The molecule has 1 fully saturated rings. The van der Waals surface area contributed by atoms with Gasteiger partial charge in [-0.1, -0.05) is 36.4 Å². The number of hydrogen-bond acceptors (Lipinski definition) is 6. The fourth-order valence-electron chi connectivity index (χ4n) is 5.98. The van der Waals surface area contributed by atoms with Gasteiger partial charge in [-0.05, 0) is 72.6 Å². The molecule has 1 N–H and O–H groups in total. The summed E-state index contributed by atoms with van der Waals surface area (Å²) in [6, 6.07) is 18.5. The third-order valence-corrected chi connectivity index (χ3v) is 8.19. The first-order chi connectivity index (χ1) is 20.0. The highest BCUT2D eigenvalue weighted by Crippen LogP contribution is 2.34. The Hall–Kier alpha value is -4.01. The van der Waals surface area contributed by atoms with Gasteiger partial charge in [0, 0.05) is 38.9 Å². The average molecular weight is 553 g/mol. The van der Waals surface area contributed by atoms with Gasteiger partial charge in [-0.3, -0.25) is 4.90 Å². The SMILES string of the molecule is Cc1cccc(-c2cccc(-c3ncc(C(=O)O)n3C)n2)c1OCc1ccc2c(c1)CCN(CC1CCCOC1)C2. The van der Waals surface area contributed by atoms with E-state index in [1.54, 1.807) is 11.6 Å². The van der Waals surface area contributed by atoms with E-state index in [9.17, 15) is 9.90 Å². The fourth-order valence-corrected chi connectivity index (χ4v) is 5.98. The van der Waals surface area contributed by atoms with Gasteiger partial charge < -0.3 is 19.1 Å². The Morgan fingerprint density at radius 1 is 1.12 bits per heavy atom. The molecule has 2 aromatic carbocycles. The second-order valence-corrected chi connectivity index (χ2v) is 11.2. The Kier molecular flexibility index (Phi) is 7.85. The molecule has 8 heteroatoms. The molecule has 2 aliphatic heterocycles. The summed E-state index contributed by atoms with van der Waals surface area (Å²) in [5.41, 5.74) is 7.36. The zero-order valence-corrected chi connectivity index (χ0v) is 23.7. The number of aromatic nitrogens is 3. The third-order valence-electron chi connectivity index (χ3n) is 8.19. The van der Waals surface area contributed by atoms with Crippen LogP contribution in [0.25, 0.3) is 22.8 Å². The molecule has 0 spiro atoms. The number of nitrogens with zero attached hydrogens (tertiary/aromatic N) is 4. The first-order valence-electron chi connectivity index (χ1n) is 14.3. The van der Waals surface area contributed by atoms with E-state index in [4.69, 9.17) is 14.5 Å². The zero-order valence-electron chi connectivity index (χ0n) is 23.7. The first-order valence-corrected chi connectivity index (χ1v) is 14.3. The number of carboxylic acids is 1. The van der Waals surface area contributed by atoms with E-state index in [1.807, 2.05) is 43.3 Å². The summed E-state index contributed by atoms with van der Waals surface area (Å²) < 4.78 is 13.7. The number of benzene rings is 2. The summed E-state index contributed by atoms with van der Waals surface area (Å²) in [6.45, 7) is 7.53. The highest BCUT2D eigenvalue weighted by molar-refractivity contribution is 5.86. The number of pyridine rings is 1. The van der Waals surface area contributed by atoms with Gasteiger partial charge in [0.2, 0.25) is 0 Å². The number of hydrogen-bond donors (Lipinski definition) is 1. The molecule has 0 bridgehead atoms. The van der Waals surface area contributed by atoms with Crippen LogP contribution in [0.3, 0.4) is 0 Å². The van der Waals surface area contributed by atoms with Gasteiger partial charge >= 0.3 is 5.97 Å². The highest BCUT2D eigenvalue weighted by atomic mass is 16.5. The maximum atomic E-state index is 11.5. The van der Waals surface area contributed by atoms with Crippen LogP contribution in [0.4, 0.5) is 0 Å². The molecule has 41 heavy (non-hydrogen) atoms. The maximum absolute atomic E-state index is 11.5. The number of rotatable bonds is 8. The highest BCUT2D eigenvalue weighted by Gasteiger charge is 2.22. The second kappa shape index (κ2) is 11.8. The van der Waals surface area contributed by atoms with Gasteiger partial charge in [0.1, 0.15) is 23.7 Å². The van der Waals surface area contributed by atoms with Crippen molar-refractivity contribution >= 4 is 5.97 Å². The third kappa shape index (κ3) is 5.89. The van der Waals surface area contributed by atoms with Crippen LogP contribution in [0.1, 0.15) is 45.6 Å². The summed E-state index contributed by atoms with van der Waals surface area (Å²) in [6.07, 6.45) is 4.87. The van der Waals surface area contributed by atoms with E-state index in [-0.39, 0.29) is 5.69 Å². The molecule has 4 aromatic rings. The maximum Gasteiger partial charge on any atom is 0.354 e. The Bertz CT molecular complexity index is 1560. The summed E-state index contributed by atoms with van der Waals surface area (Å²) >= 11 is 0. The summed E-state index contributed by atoms with van der Waals surface area (Å²) in [7, 11) is 1.68. The van der Waals surface area contributed by atoms with Crippen LogP contribution in [0.15, 0.2) is 60.8 Å². The van der Waals surface area contributed by atoms with Crippen LogP contribution in [-0.4, -0.2) is 56.8 Å². The molecule has 0 amide bonds. The van der Waals surface area contributed by atoms with Gasteiger partial charge in [-0.25, -0.2) is 14.8 Å². The second-order valence-electron chi connectivity index (χ2n) is 11.2. The number of fused-ring (bicyclic) bond motifs is 1. The molecular formula is C33H36N4O4. The van der Waals surface area contributed by atoms with Crippen molar-refractivity contribution in [2.45, 2.75) is 39.3 Å². The lowest BCUT2D eigenvalue weighted by molar-refractivity contribution is 0.0364. The van der Waals surface area contributed by atoms with E-state index < -0.39 is 5.97 Å². The predicted octanol–water partition coefficient (Wildman–Crippen LogP) is 5.52. The Labute approximate surface area is 240 Å². The molecule has 8 nitrogen and oxygen atoms in total. The van der Waals surface area contributed by atoms with Gasteiger partial charge in [-0.2, -0.15) is 0 Å². The van der Waals surface area contributed by atoms with Gasteiger partial charge in [0.15, 0.2) is 5.82 Å². The van der Waals surface area contributed by atoms with Crippen LogP contribution >= 0.6 is 0 Å². The molecule has 2 aliphatic rings. The van der Waals surface area contributed by atoms with Crippen molar-refractivity contribution in [3.8, 4) is 28.5 Å². The molecule has 0 saturated carbocycles. The molecule has 1 saturated heterocycles. The summed E-state index contributed by atoms with van der Waals surface area (Å²) in [4.78, 5) is 23.2. The summed E-state index contributed by atoms with van der Waals surface area (Å²) in [5, 5.41) is 9.41. The number of imidazole rings is 1. The standard InChI is InChI=1S/C33H36N4O4/c1-22-6-3-8-27(28-9-4-10-29(35-28)32-34-17-30(33(38)39)36(32)2)31(22)41-21-23-11-12-26-19-37(14-13-25(26)16-23)18-24-7-5-15-40-20-24/h3-4,6,8-12,16-17,24H,5,7,13-15,18-21H2,1-2H3,(H,38,39). The van der Waals surface area contributed by atoms with Crippen molar-refractivity contribution in [2.24, 2.45) is 13.0 Å². The smallest absolute Gasteiger partial charge is 0.354 e. The minimum absolute atomic E-state index is 0.114. The lowest BCUT2D eigenvalue weighted by Gasteiger charge is -2.33. The van der Waals surface area contributed by atoms with Gasteiger partial charge in [-0.15, -0.1) is 0 Å². The van der Waals surface area contributed by atoms with E-state index in [0.29, 0.717) is 24.0 Å². The minimum Gasteiger partial charge on any atom is -0.488 e. The van der Waals surface area contributed by atoms with Crippen LogP contribution in [0.2, 0.25) is 0 Å². The van der Waals surface area contributed by atoms with E-state index in [2.05, 4.69) is 28.1 Å². The fraction of sp³-hybridized carbons (Fsp3) is 0.364. The van der Waals surface area contributed by atoms with E-state index in [1.165, 1.54) is 30.2 Å². The molecule has 1 atom stereocenters. The Balaban J connectivity index is 1.18. The van der Waals surface area contributed by atoms with Crippen molar-refractivity contribution < 1.29 is 19.4 Å². The molecule has 2 aromatic heterocycles. The van der Waals surface area contributed by atoms with Crippen LogP contribution < -0.4 is 4.74 Å². The monoisotopic (exact) mass is 552 g/mol. The topological polar surface area (TPSA) is 89.7 Å². The van der Waals surface area contributed by atoms with Crippen LogP contribution in [0, 0.1) is 12.8 Å². The van der Waals surface area contributed by atoms with E-state index >= 15 is 0 Å². The Morgan fingerprint density at radius 2 is 1.98 bits per heavy atom. The van der Waals surface area contributed by atoms with Crippen LogP contribution in [0.5, 0.6) is 5.75 Å². The van der Waals surface area contributed by atoms with Crippen molar-refractivity contribution in [3.63, 3.8) is 0 Å². The lowest BCUT2D eigenvalue weighted by atomic mass is 9.95. The predicted molar refractivity (Wildman–Crippen MR) is 157 cm³/mol. The van der Waals surface area contributed by atoms with Crippen molar-refractivity contribution in [3.05, 3.63) is 88.7 Å². The minimum atomic E-state index is -1.02. The quantitative estimate of drug-likeness (QED) is 0.308. The van der Waals surface area contributed by atoms with Gasteiger partial charge in [0.25, 0.3) is 0 Å². The van der Waals surface area contributed by atoms with Gasteiger partial charge in [0.05, 0.1) is 18.5 Å². The number of ether oxygens (including phenoxy) is 2. The normalized spacial score (nSPS) is 17.3. The van der Waals surface area contributed by atoms with E-state index in [0.717, 1.165) is 67.4 Å².